The highest BCUT2D eigenvalue weighted by molar-refractivity contribution is 5.99. The molecule has 1 aliphatic rings. The van der Waals surface area contributed by atoms with Crippen LogP contribution < -0.4 is 4.90 Å². The molecule has 0 aromatic carbocycles. The second-order valence-corrected chi connectivity index (χ2v) is 5.37. The van der Waals surface area contributed by atoms with Crippen molar-refractivity contribution in [3.05, 3.63) is 30.7 Å². The third kappa shape index (κ3) is 4.38. The molecule has 0 bridgehead atoms. The lowest BCUT2D eigenvalue weighted by atomic mass is 10.1. The molecule has 0 unspecified atom stereocenters. The molecule has 3 rings (SSSR count). The number of esters is 1. The summed E-state index contributed by atoms with van der Waals surface area (Å²) in [5.74, 6) is -2.62. The van der Waals surface area contributed by atoms with Gasteiger partial charge in [0, 0.05) is 19.2 Å². The molecule has 3 heterocycles. The molecule has 12 heteroatoms. The van der Waals surface area contributed by atoms with Gasteiger partial charge < -0.3 is 14.6 Å². The quantitative estimate of drug-likeness (QED) is 0.681. The predicted octanol–water partition coefficient (Wildman–Crippen LogP) is -0.168. The van der Waals surface area contributed by atoms with E-state index in [1.165, 1.54) is 22.0 Å². The maximum atomic E-state index is 12.7. The van der Waals surface area contributed by atoms with Crippen LogP contribution >= 0.6 is 12.4 Å². The summed E-state index contributed by atoms with van der Waals surface area (Å²) in [6.45, 7) is 1.32. The van der Waals surface area contributed by atoms with E-state index in [1.807, 2.05) is 0 Å². The van der Waals surface area contributed by atoms with Gasteiger partial charge in [-0.1, -0.05) is 0 Å². The van der Waals surface area contributed by atoms with E-state index in [0.29, 0.717) is 11.5 Å². The van der Waals surface area contributed by atoms with Gasteiger partial charge in [0.05, 0.1) is 31.2 Å². The summed E-state index contributed by atoms with van der Waals surface area (Å²) in [6, 6.07) is 3.29. The van der Waals surface area contributed by atoms with Gasteiger partial charge in [-0.15, -0.1) is 17.5 Å². The third-order valence-corrected chi connectivity index (χ3v) is 3.62. The summed E-state index contributed by atoms with van der Waals surface area (Å²) in [4.78, 5) is 36.4. The summed E-state index contributed by atoms with van der Waals surface area (Å²) in [5.41, 5.74) is 0.645. The van der Waals surface area contributed by atoms with E-state index in [9.17, 15) is 19.5 Å². The zero-order valence-electron chi connectivity index (χ0n) is 14.1. The molecule has 0 radical (unpaired) electrons. The van der Waals surface area contributed by atoms with Crippen molar-refractivity contribution in [2.75, 3.05) is 18.1 Å². The Morgan fingerprint density at radius 1 is 1.37 bits per heavy atom. The number of amides is 1. The van der Waals surface area contributed by atoms with E-state index in [-0.39, 0.29) is 25.6 Å². The fourth-order valence-electron chi connectivity index (χ4n) is 2.49. The maximum absolute atomic E-state index is 12.7. The number of hydrogen-bond acceptors (Lipinski definition) is 8. The number of hydrogen-bond donors (Lipinski definition) is 1. The van der Waals surface area contributed by atoms with Crippen molar-refractivity contribution in [2.24, 2.45) is 0 Å². The van der Waals surface area contributed by atoms with Crippen LogP contribution in [-0.2, 0) is 23.9 Å². The Labute approximate surface area is 159 Å². The molecule has 0 saturated carbocycles. The Morgan fingerprint density at radius 2 is 2.15 bits per heavy atom. The van der Waals surface area contributed by atoms with Crippen LogP contribution in [-0.4, -0.2) is 68.3 Å². The van der Waals surface area contributed by atoms with Crippen LogP contribution in [0.15, 0.2) is 30.7 Å². The Balaban J connectivity index is 0.00000261. The van der Waals surface area contributed by atoms with Crippen LogP contribution in [0.25, 0.3) is 5.69 Å². The van der Waals surface area contributed by atoms with Crippen molar-refractivity contribution >= 4 is 36.1 Å². The zero-order chi connectivity index (χ0) is 18.7. The van der Waals surface area contributed by atoms with Crippen LogP contribution in [0.2, 0.25) is 0 Å². The Morgan fingerprint density at radius 3 is 2.78 bits per heavy atom. The lowest BCUT2D eigenvalue weighted by Crippen LogP contribution is -2.55. The third-order valence-electron chi connectivity index (χ3n) is 3.62. The van der Waals surface area contributed by atoms with Crippen LogP contribution in [0.1, 0.15) is 6.92 Å². The normalized spacial score (nSPS) is 17.7. The highest BCUT2D eigenvalue weighted by Crippen LogP contribution is 2.21. The molecule has 27 heavy (non-hydrogen) atoms. The summed E-state index contributed by atoms with van der Waals surface area (Å²) in [7, 11) is 0. The lowest BCUT2D eigenvalue weighted by Gasteiger charge is -2.33. The second kappa shape index (κ2) is 8.56. The number of halogens is 1. The minimum Gasteiger partial charge on any atom is -0.478 e. The predicted molar refractivity (Wildman–Crippen MR) is 91.7 cm³/mol. The zero-order valence-corrected chi connectivity index (χ0v) is 14.9. The largest absolute Gasteiger partial charge is 0.478 e. The number of carboxylic acids is 1. The number of carbonyl (C=O) groups is 3. The summed E-state index contributed by atoms with van der Waals surface area (Å²) in [5, 5.41) is 21.0. The number of carbonyl (C=O) groups excluding carboxylic acids is 2. The van der Waals surface area contributed by atoms with E-state index in [0.717, 1.165) is 6.92 Å². The molecule has 2 atom stereocenters. The van der Waals surface area contributed by atoms with Crippen molar-refractivity contribution in [3.8, 4) is 5.69 Å². The molecule has 11 nitrogen and oxygen atoms in total. The van der Waals surface area contributed by atoms with Crippen LogP contribution in [0.4, 0.5) is 5.82 Å². The van der Waals surface area contributed by atoms with E-state index in [4.69, 9.17) is 9.47 Å². The molecule has 0 aliphatic carbocycles. The molecule has 1 aliphatic heterocycles. The fraction of sp³-hybridized carbons (Fsp3) is 0.333. The number of morpholine rings is 1. The standard InChI is InChI=1S/C15H15N5O6.ClH/c1-9(21)26-13(15(23)24)12-14(22)19(6-7-25-12)11-3-5-20(18-11)10-2-4-16-17-8-10;/h2-5,8,12-13H,6-7H2,1H3,(H,23,24);1H/t12-,13-;/m1./s1. The van der Waals surface area contributed by atoms with Crippen LogP contribution in [0.5, 0.6) is 0 Å². The molecule has 144 valence electrons. The molecule has 2 aromatic rings. The Hall–Kier alpha value is -3.05. The number of ether oxygens (including phenoxy) is 2. The first-order valence-corrected chi connectivity index (χ1v) is 7.63. The van der Waals surface area contributed by atoms with E-state index < -0.39 is 30.1 Å². The Bertz CT molecular complexity index is 829. The van der Waals surface area contributed by atoms with Gasteiger partial charge in [-0.2, -0.15) is 10.2 Å². The number of aliphatic carboxylic acids is 1. The highest BCUT2D eigenvalue weighted by Gasteiger charge is 2.43. The monoisotopic (exact) mass is 397 g/mol. The molecule has 2 aromatic heterocycles. The van der Waals surface area contributed by atoms with Crippen molar-refractivity contribution in [3.63, 3.8) is 0 Å². The highest BCUT2D eigenvalue weighted by atomic mass is 35.5. The number of carboxylic acid groups (broad SMARTS) is 1. The molecular formula is C15H16ClN5O6. The number of nitrogens with zero attached hydrogens (tertiary/aromatic N) is 5. The first-order chi connectivity index (χ1) is 12.5. The minimum absolute atomic E-state index is 0. The van der Waals surface area contributed by atoms with Gasteiger partial charge in [-0.25, -0.2) is 9.48 Å². The number of aromatic nitrogens is 4. The number of anilines is 1. The van der Waals surface area contributed by atoms with Gasteiger partial charge in [0.15, 0.2) is 11.9 Å². The second-order valence-electron chi connectivity index (χ2n) is 5.37. The van der Waals surface area contributed by atoms with Gasteiger partial charge in [-0.3, -0.25) is 14.5 Å². The van der Waals surface area contributed by atoms with Crippen LogP contribution in [0.3, 0.4) is 0 Å². The Kier molecular flexibility index (Phi) is 6.42. The summed E-state index contributed by atoms with van der Waals surface area (Å²) < 4.78 is 11.5. The van der Waals surface area contributed by atoms with Gasteiger partial charge in [0.2, 0.25) is 6.10 Å². The smallest absolute Gasteiger partial charge is 0.348 e. The molecular weight excluding hydrogens is 382 g/mol. The van der Waals surface area contributed by atoms with Crippen LogP contribution in [0, 0.1) is 0 Å². The summed E-state index contributed by atoms with van der Waals surface area (Å²) in [6.07, 6.45) is 1.46. The van der Waals surface area contributed by atoms with Gasteiger partial charge >= 0.3 is 11.9 Å². The number of rotatable bonds is 5. The minimum atomic E-state index is -1.73. The maximum Gasteiger partial charge on any atom is 0.348 e. The SMILES string of the molecule is CC(=O)O[C@@H](C(=O)O)[C@H]1OCCN(c2ccn(-c3ccnnc3)n2)C1=O.Cl. The fourth-order valence-corrected chi connectivity index (χ4v) is 2.49. The summed E-state index contributed by atoms with van der Waals surface area (Å²) >= 11 is 0. The van der Waals surface area contributed by atoms with E-state index in [1.54, 1.807) is 18.3 Å². The first kappa shape index (κ1) is 20.3. The van der Waals surface area contributed by atoms with E-state index >= 15 is 0 Å². The van der Waals surface area contributed by atoms with Gasteiger partial charge in [0.1, 0.15) is 0 Å². The van der Waals surface area contributed by atoms with Gasteiger partial charge in [0.25, 0.3) is 5.91 Å². The topological polar surface area (TPSA) is 137 Å². The van der Waals surface area contributed by atoms with Gasteiger partial charge in [-0.05, 0) is 6.07 Å². The van der Waals surface area contributed by atoms with E-state index in [2.05, 4.69) is 15.3 Å². The average Bonchev–Trinajstić information content (AvgIpc) is 3.10. The van der Waals surface area contributed by atoms with Crippen molar-refractivity contribution in [1.29, 1.82) is 0 Å². The molecule has 0 spiro atoms. The van der Waals surface area contributed by atoms with Crippen molar-refractivity contribution in [2.45, 2.75) is 19.1 Å². The van der Waals surface area contributed by atoms with Crippen molar-refractivity contribution < 1.29 is 29.0 Å². The van der Waals surface area contributed by atoms with Crippen molar-refractivity contribution in [1.82, 2.24) is 20.0 Å². The molecule has 1 N–H and O–H groups in total. The molecule has 1 saturated heterocycles. The molecule has 1 fully saturated rings. The lowest BCUT2D eigenvalue weighted by molar-refractivity contribution is -0.177. The average molecular weight is 398 g/mol. The molecule has 1 amide bonds. The first-order valence-electron chi connectivity index (χ1n) is 7.63.